The van der Waals surface area contributed by atoms with Gasteiger partial charge >= 0.3 is 12.1 Å². The molecule has 2 aliphatic heterocycles. The number of hydrogen-bond donors (Lipinski definition) is 1. The maximum Gasteiger partial charge on any atom is 0.424 e. The molecule has 336 valence electrons. The third-order valence-electron chi connectivity index (χ3n) is 12.0. The standard InChI is InChI=1S/C23H27N5O.C15H11N3O2.C14H22N2/c1-26(23(29)28-17-22(25-18-28)20-8-5-12-24-16-20)21-10-14-27(15-11-21)13-9-19-6-3-2-4-7-19;19-15(20-13-6-2-1-3-7-13)18-10-14(17-11-18)12-5-4-8-16-9-12;1-15-14-8-11-16(12-9-14)10-7-13-5-3-2-4-6-13/h2-8,12,16-18,21H,9-11,13-15H2,1H3;1-11H;2-6,14-15H,7-12H2,1H3. The van der Waals surface area contributed by atoms with Crippen LogP contribution < -0.4 is 10.1 Å². The zero-order valence-electron chi connectivity index (χ0n) is 37.5. The van der Waals surface area contributed by atoms with Gasteiger partial charge in [0.1, 0.15) is 18.4 Å². The predicted molar refractivity (Wildman–Crippen MR) is 256 cm³/mol. The minimum absolute atomic E-state index is 0.0321. The molecule has 0 bridgehead atoms. The Hall–Kier alpha value is -6.80. The number of aromatic nitrogens is 6. The lowest BCUT2D eigenvalue weighted by atomic mass is 10.0. The van der Waals surface area contributed by atoms with Gasteiger partial charge in [0.25, 0.3) is 0 Å². The lowest BCUT2D eigenvalue weighted by molar-refractivity contribution is 0.136. The van der Waals surface area contributed by atoms with Crippen LogP contribution in [0.15, 0.2) is 165 Å². The van der Waals surface area contributed by atoms with Crippen molar-refractivity contribution in [2.75, 3.05) is 53.4 Å². The second kappa shape index (κ2) is 24.3. The highest BCUT2D eigenvalue weighted by molar-refractivity contribution is 5.78. The second-order valence-electron chi connectivity index (χ2n) is 16.3. The Morgan fingerprint density at radius 2 is 1.11 bits per heavy atom. The van der Waals surface area contributed by atoms with E-state index in [4.69, 9.17) is 4.74 Å². The van der Waals surface area contributed by atoms with Crippen LogP contribution in [0.1, 0.15) is 36.8 Å². The minimum atomic E-state index is -0.501. The van der Waals surface area contributed by atoms with Crippen molar-refractivity contribution in [3.8, 4) is 28.3 Å². The first-order valence-electron chi connectivity index (χ1n) is 22.5. The first-order valence-corrected chi connectivity index (χ1v) is 22.5. The molecule has 13 nitrogen and oxygen atoms in total. The highest BCUT2D eigenvalue weighted by Gasteiger charge is 2.26. The van der Waals surface area contributed by atoms with Crippen LogP contribution in [0.5, 0.6) is 5.75 Å². The van der Waals surface area contributed by atoms with Gasteiger partial charge in [0.15, 0.2) is 0 Å². The third kappa shape index (κ3) is 14.1. The number of likely N-dealkylation sites (tertiary alicyclic amines) is 2. The number of para-hydroxylation sites is 1. The number of carbonyl (C=O) groups excluding carboxylic acids is 2. The van der Waals surface area contributed by atoms with E-state index < -0.39 is 6.09 Å². The molecule has 7 aromatic rings. The molecule has 3 aromatic carbocycles. The summed E-state index contributed by atoms with van der Waals surface area (Å²) in [7, 11) is 3.97. The predicted octanol–water partition coefficient (Wildman–Crippen LogP) is 8.46. The monoisotopic (exact) mass is 872 g/mol. The van der Waals surface area contributed by atoms with Gasteiger partial charge in [-0.05, 0) is 106 Å². The number of imidazole rings is 2. The molecule has 2 aliphatic rings. The summed E-state index contributed by atoms with van der Waals surface area (Å²) in [5, 5.41) is 3.37. The van der Waals surface area contributed by atoms with Crippen LogP contribution in [0.4, 0.5) is 9.59 Å². The highest BCUT2D eigenvalue weighted by Crippen LogP contribution is 2.20. The molecular formula is C52H60N10O3. The number of hydrogen-bond acceptors (Lipinski definition) is 10. The highest BCUT2D eigenvalue weighted by atomic mass is 16.6. The smallest absolute Gasteiger partial charge is 0.410 e. The summed E-state index contributed by atoms with van der Waals surface area (Å²) >= 11 is 0. The summed E-state index contributed by atoms with van der Waals surface area (Å²) in [5.41, 5.74) is 6.02. The average molecular weight is 873 g/mol. The summed E-state index contributed by atoms with van der Waals surface area (Å²) in [5.74, 6) is 0.495. The van der Waals surface area contributed by atoms with Crippen molar-refractivity contribution in [3.05, 3.63) is 176 Å². The summed E-state index contributed by atoms with van der Waals surface area (Å²) in [6.07, 6.45) is 19.6. The second-order valence-corrected chi connectivity index (χ2v) is 16.3. The number of nitrogens with zero attached hydrogens (tertiary/aromatic N) is 9. The molecule has 0 unspecified atom stereocenters. The Kier molecular flexibility index (Phi) is 17.3. The van der Waals surface area contributed by atoms with Crippen molar-refractivity contribution < 1.29 is 14.3 Å². The molecule has 0 saturated carbocycles. The van der Waals surface area contributed by atoms with Crippen LogP contribution >= 0.6 is 0 Å². The maximum absolute atomic E-state index is 12.9. The first kappa shape index (κ1) is 46.2. The zero-order chi connectivity index (χ0) is 45.1. The Labute approximate surface area is 382 Å². The fourth-order valence-corrected chi connectivity index (χ4v) is 8.00. The fraction of sp³-hybridized carbons (Fsp3) is 0.308. The van der Waals surface area contributed by atoms with E-state index >= 15 is 0 Å². The topological polar surface area (TPSA) is 127 Å². The van der Waals surface area contributed by atoms with Crippen molar-refractivity contribution in [1.29, 1.82) is 0 Å². The molecule has 2 saturated heterocycles. The van der Waals surface area contributed by atoms with Gasteiger partial charge in [-0.3, -0.25) is 14.5 Å². The number of ether oxygens (including phenoxy) is 1. The number of piperidine rings is 2. The summed E-state index contributed by atoms with van der Waals surface area (Å²) in [4.78, 5) is 48.5. The van der Waals surface area contributed by atoms with Gasteiger partial charge in [-0.2, -0.15) is 0 Å². The van der Waals surface area contributed by atoms with Gasteiger partial charge in [0.2, 0.25) is 0 Å². The molecule has 65 heavy (non-hydrogen) atoms. The van der Waals surface area contributed by atoms with E-state index in [1.165, 1.54) is 60.9 Å². The summed E-state index contributed by atoms with van der Waals surface area (Å²) in [6.45, 7) is 6.83. The van der Waals surface area contributed by atoms with Gasteiger partial charge in [-0.15, -0.1) is 0 Å². The van der Waals surface area contributed by atoms with Crippen LogP contribution in [0, 0.1) is 0 Å². The number of amides is 1. The van der Waals surface area contributed by atoms with Crippen molar-refractivity contribution in [2.45, 2.75) is 50.6 Å². The summed E-state index contributed by atoms with van der Waals surface area (Å²) < 4.78 is 8.09. The van der Waals surface area contributed by atoms with Crippen molar-refractivity contribution in [3.63, 3.8) is 0 Å². The molecule has 0 spiro atoms. The number of rotatable bonds is 11. The van der Waals surface area contributed by atoms with E-state index in [-0.39, 0.29) is 12.1 Å². The average Bonchev–Trinajstić information content (AvgIpc) is 4.09. The molecule has 1 N–H and O–H groups in total. The zero-order valence-corrected chi connectivity index (χ0v) is 37.5. The number of pyridine rings is 2. The molecule has 1 amide bonds. The van der Waals surface area contributed by atoms with Crippen molar-refractivity contribution in [1.82, 2.24) is 49.1 Å². The molecule has 0 atom stereocenters. The van der Waals surface area contributed by atoms with E-state index in [0.29, 0.717) is 11.4 Å². The summed E-state index contributed by atoms with van der Waals surface area (Å²) in [6, 6.07) is 38.8. The van der Waals surface area contributed by atoms with E-state index in [2.05, 4.69) is 103 Å². The van der Waals surface area contributed by atoms with E-state index in [1.54, 1.807) is 72.3 Å². The van der Waals surface area contributed by atoms with E-state index in [9.17, 15) is 9.59 Å². The van der Waals surface area contributed by atoms with Crippen molar-refractivity contribution >= 4 is 12.1 Å². The lowest BCUT2D eigenvalue weighted by Crippen LogP contribution is -2.47. The van der Waals surface area contributed by atoms with Crippen LogP contribution in [0.3, 0.4) is 0 Å². The maximum atomic E-state index is 12.9. The van der Waals surface area contributed by atoms with Gasteiger partial charge < -0.3 is 24.8 Å². The van der Waals surface area contributed by atoms with Gasteiger partial charge in [0.05, 0.1) is 11.4 Å². The van der Waals surface area contributed by atoms with E-state index in [0.717, 1.165) is 61.8 Å². The van der Waals surface area contributed by atoms with Crippen LogP contribution in [-0.4, -0.2) is 121 Å². The normalized spacial score (nSPS) is 14.6. The van der Waals surface area contributed by atoms with Gasteiger partial charge in [0, 0.05) is 93.6 Å². The molecule has 0 radical (unpaired) electrons. The number of benzene rings is 3. The molecule has 4 aromatic heterocycles. The molecule has 9 rings (SSSR count). The third-order valence-corrected chi connectivity index (χ3v) is 12.0. The Bertz CT molecular complexity index is 2430. The van der Waals surface area contributed by atoms with Crippen LogP contribution in [-0.2, 0) is 12.8 Å². The Morgan fingerprint density at radius 3 is 1.60 bits per heavy atom. The van der Waals surface area contributed by atoms with Gasteiger partial charge in [-0.25, -0.2) is 24.1 Å². The fourth-order valence-electron chi connectivity index (χ4n) is 8.00. The minimum Gasteiger partial charge on any atom is -0.410 e. The lowest BCUT2D eigenvalue weighted by Gasteiger charge is -2.36. The molecule has 13 heteroatoms. The Balaban J connectivity index is 0.000000153. The van der Waals surface area contributed by atoms with Gasteiger partial charge in [-0.1, -0.05) is 78.9 Å². The SMILES string of the molecule is CN(C(=O)n1cnc(-c2cccnc2)c1)C1CCN(CCc2ccccc2)CC1.CNC1CCN(CCc2ccccc2)CC1.O=C(Oc1ccccc1)n1cnc(-c2cccnc2)c1. The Morgan fingerprint density at radius 1 is 0.631 bits per heavy atom. The first-order chi connectivity index (χ1) is 31.9. The largest absolute Gasteiger partial charge is 0.424 e. The number of carbonyl (C=O) groups is 2. The van der Waals surface area contributed by atoms with Crippen LogP contribution in [0.25, 0.3) is 22.5 Å². The molecule has 2 fully saturated rings. The number of nitrogens with one attached hydrogen (secondary N) is 1. The molecular weight excluding hydrogens is 813 g/mol. The van der Waals surface area contributed by atoms with E-state index in [1.807, 2.05) is 42.3 Å². The molecule has 0 aliphatic carbocycles. The van der Waals surface area contributed by atoms with Crippen LogP contribution in [0.2, 0.25) is 0 Å². The molecule has 6 heterocycles. The van der Waals surface area contributed by atoms with Crippen molar-refractivity contribution in [2.24, 2.45) is 0 Å². The quantitative estimate of drug-likeness (QED) is 0.135.